The standard InChI is InChI=1S/C12H13BrFNO3S/c13-10-3-1-2-9(6-10)4-5-15-8-11(7-12(15)16)19(14,17)18/h1-3,6,11H,4-5,7-8H2. The van der Waals surface area contributed by atoms with Crippen LogP contribution in [0.1, 0.15) is 12.0 Å². The highest BCUT2D eigenvalue weighted by atomic mass is 79.9. The van der Waals surface area contributed by atoms with E-state index < -0.39 is 15.5 Å². The lowest BCUT2D eigenvalue weighted by molar-refractivity contribution is -0.127. The largest absolute Gasteiger partial charge is 0.341 e. The van der Waals surface area contributed by atoms with Crippen molar-refractivity contribution in [2.75, 3.05) is 13.1 Å². The summed E-state index contributed by atoms with van der Waals surface area (Å²) in [6, 6.07) is 7.65. The Kier molecular flexibility index (Phi) is 4.25. The van der Waals surface area contributed by atoms with Crippen LogP contribution in [0.15, 0.2) is 28.7 Å². The molecule has 1 unspecified atom stereocenters. The molecule has 104 valence electrons. The van der Waals surface area contributed by atoms with Gasteiger partial charge >= 0.3 is 10.2 Å². The Bertz CT molecular complexity index is 590. The first-order chi connectivity index (χ1) is 8.86. The van der Waals surface area contributed by atoms with E-state index in [9.17, 15) is 17.1 Å². The number of benzene rings is 1. The molecule has 7 heteroatoms. The van der Waals surface area contributed by atoms with Gasteiger partial charge in [0.05, 0.1) is 0 Å². The van der Waals surface area contributed by atoms with Crippen LogP contribution in [0.25, 0.3) is 0 Å². The fourth-order valence-corrected chi connectivity index (χ4v) is 3.24. The predicted molar refractivity (Wildman–Crippen MR) is 72.9 cm³/mol. The average Bonchev–Trinajstić information content (AvgIpc) is 2.68. The summed E-state index contributed by atoms with van der Waals surface area (Å²) in [5.74, 6) is -0.304. The molecule has 1 aromatic rings. The molecule has 1 amide bonds. The zero-order chi connectivity index (χ0) is 14.0. The van der Waals surface area contributed by atoms with Gasteiger partial charge in [0.15, 0.2) is 0 Å². The van der Waals surface area contributed by atoms with Crippen molar-refractivity contribution in [1.82, 2.24) is 4.90 Å². The number of carbonyl (C=O) groups excluding carboxylic acids is 1. The lowest BCUT2D eigenvalue weighted by Gasteiger charge is -2.15. The first-order valence-electron chi connectivity index (χ1n) is 5.82. The predicted octanol–water partition coefficient (Wildman–Crippen LogP) is 1.89. The van der Waals surface area contributed by atoms with Crippen LogP contribution in [0.5, 0.6) is 0 Å². The molecule has 0 N–H and O–H groups in total. The first-order valence-corrected chi connectivity index (χ1v) is 8.06. The Morgan fingerprint density at radius 3 is 2.74 bits per heavy atom. The van der Waals surface area contributed by atoms with Crippen LogP contribution < -0.4 is 0 Å². The number of carbonyl (C=O) groups is 1. The summed E-state index contributed by atoms with van der Waals surface area (Å²) in [6.07, 6.45) is 0.363. The summed E-state index contributed by atoms with van der Waals surface area (Å²) >= 11 is 3.35. The van der Waals surface area contributed by atoms with E-state index in [1.54, 1.807) is 0 Å². The molecule has 1 fully saturated rings. The maximum atomic E-state index is 12.8. The minimum absolute atomic E-state index is 0.0499. The average molecular weight is 350 g/mol. The highest BCUT2D eigenvalue weighted by molar-refractivity contribution is 9.10. The molecular weight excluding hydrogens is 337 g/mol. The van der Waals surface area contributed by atoms with Crippen LogP contribution >= 0.6 is 15.9 Å². The minimum Gasteiger partial charge on any atom is -0.341 e. The van der Waals surface area contributed by atoms with E-state index in [0.717, 1.165) is 10.0 Å². The van der Waals surface area contributed by atoms with Crippen LogP contribution in [-0.4, -0.2) is 37.6 Å². The second-order valence-corrected chi connectivity index (χ2v) is 7.05. The van der Waals surface area contributed by atoms with E-state index in [2.05, 4.69) is 15.9 Å². The lowest BCUT2D eigenvalue weighted by Crippen LogP contribution is -2.29. The number of likely N-dealkylation sites (tertiary alicyclic amines) is 1. The molecule has 4 nitrogen and oxygen atoms in total. The molecule has 1 aliphatic rings. The fraction of sp³-hybridized carbons (Fsp3) is 0.417. The third kappa shape index (κ3) is 3.76. The minimum atomic E-state index is -4.63. The van der Waals surface area contributed by atoms with Crippen LogP contribution in [0.3, 0.4) is 0 Å². The van der Waals surface area contributed by atoms with Crippen molar-refractivity contribution in [1.29, 1.82) is 0 Å². The van der Waals surface area contributed by atoms with E-state index in [1.165, 1.54) is 4.90 Å². The SMILES string of the molecule is O=C1CC(S(=O)(=O)F)CN1CCc1cccc(Br)c1. The van der Waals surface area contributed by atoms with Gasteiger partial charge in [-0.2, -0.15) is 8.42 Å². The van der Waals surface area contributed by atoms with Gasteiger partial charge < -0.3 is 4.90 Å². The third-order valence-electron chi connectivity index (χ3n) is 3.14. The van der Waals surface area contributed by atoms with Gasteiger partial charge in [-0.3, -0.25) is 4.79 Å². The quantitative estimate of drug-likeness (QED) is 0.780. The summed E-state index contributed by atoms with van der Waals surface area (Å²) in [5.41, 5.74) is 1.04. The zero-order valence-electron chi connectivity index (χ0n) is 10.1. The summed E-state index contributed by atoms with van der Waals surface area (Å²) < 4.78 is 35.4. The van der Waals surface area contributed by atoms with Gasteiger partial charge in [0.2, 0.25) is 5.91 Å². The van der Waals surface area contributed by atoms with Gasteiger partial charge in [0.1, 0.15) is 5.25 Å². The van der Waals surface area contributed by atoms with Crippen LogP contribution in [0, 0.1) is 0 Å². The molecule has 19 heavy (non-hydrogen) atoms. The Hall–Kier alpha value is -0.950. The molecular formula is C12H13BrFNO3S. The number of hydrogen-bond donors (Lipinski definition) is 0. The molecule has 1 aliphatic heterocycles. The van der Waals surface area contributed by atoms with Crippen molar-refractivity contribution in [2.45, 2.75) is 18.1 Å². The van der Waals surface area contributed by atoms with Gasteiger partial charge in [-0.15, -0.1) is 3.89 Å². The summed E-state index contributed by atoms with van der Waals surface area (Å²) in [7, 11) is -4.63. The van der Waals surface area contributed by atoms with Crippen molar-refractivity contribution in [2.24, 2.45) is 0 Å². The Morgan fingerprint density at radius 2 is 2.16 bits per heavy atom. The molecule has 0 bridgehead atoms. The molecule has 0 aromatic heterocycles. The number of rotatable bonds is 4. The maximum Gasteiger partial charge on any atom is 0.307 e. The van der Waals surface area contributed by atoms with Crippen LogP contribution in [0.2, 0.25) is 0 Å². The lowest BCUT2D eigenvalue weighted by atomic mass is 10.1. The number of halogens is 2. The Morgan fingerprint density at radius 1 is 1.42 bits per heavy atom. The Balaban J connectivity index is 1.96. The molecule has 0 radical (unpaired) electrons. The van der Waals surface area contributed by atoms with Crippen molar-refractivity contribution in [3.05, 3.63) is 34.3 Å². The van der Waals surface area contributed by atoms with Gasteiger partial charge in [-0.05, 0) is 24.1 Å². The maximum absolute atomic E-state index is 12.8. The van der Waals surface area contributed by atoms with E-state index in [0.29, 0.717) is 13.0 Å². The van der Waals surface area contributed by atoms with Crippen molar-refractivity contribution >= 4 is 32.1 Å². The highest BCUT2D eigenvalue weighted by Crippen LogP contribution is 2.20. The molecule has 1 saturated heterocycles. The van der Waals surface area contributed by atoms with E-state index in [-0.39, 0.29) is 18.9 Å². The molecule has 1 heterocycles. The van der Waals surface area contributed by atoms with Gasteiger partial charge in [-0.1, -0.05) is 28.1 Å². The van der Waals surface area contributed by atoms with Gasteiger partial charge in [-0.25, -0.2) is 0 Å². The molecule has 2 rings (SSSR count). The number of amides is 1. The summed E-state index contributed by atoms with van der Waals surface area (Å²) in [6.45, 7) is 0.354. The topological polar surface area (TPSA) is 54.5 Å². The monoisotopic (exact) mass is 349 g/mol. The molecule has 1 atom stereocenters. The van der Waals surface area contributed by atoms with Crippen LogP contribution in [0.4, 0.5) is 3.89 Å². The second-order valence-electron chi connectivity index (χ2n) is 4.52. The Labute approximate surface area is 119 Å². The van der Waals surface area contributed by atoms with E-state index in [1.807, 2.05) is 24.3 Å². The second kappa shape index (κ2) is 5.58. The summed E-state index contributed by atoms with van der Waals surface area (Å²) in [4.78, 5) is 13.0. The van der Waals surface area contributed by atoms with Crippen LogP contribution in [-0.2, 0) is 21.4 Å². The van der Waals surface area contributed by atoms with E-state index >= 15 is 0 Å². The zero-order valence-corrected chi connectivity index (χ0v) is 12.5. The molecule has 0 saturated carbocycles. The molecule has 0 spiro atoms. The summed E-state index contributed by atoms with van der Waals surface area (Å²) in [5, 5.41) is -1.21. The van der Waals surface area contributed by atoms with Gasteiger partial charge in [0, 0.05) is 24.0 Å². The normalized spacial score (nSPS) is 20.0. The molecule has 0 aliphatic carbocycles. The number of hydrogen-bond acceptors (Lipinski definition) is 3. The van der Waals surface area contributed by atoms with Crippen molar-refractivity contribution in [3.63, 3.8) is 0 Å². The van der Waals surface area contributed by atoms with E-state index in [4.69, 9.17) is 0 Å². The third-order valence-corrected chi connectivity index (χ3v) is 4.74. The van der Waals surface area contributed by atoms with Crippen molar-refractivity contribution in [3.8, 4) is 0 Å². The first kappa shape index (κ1) is 14.5. The van der Waals surface area contributed by atoms with Crippen molar-refractivity contribution < 1.29 is 17.1 Å². The van der Waals surface area contributed by atoms with Gasteiger partial charge in [0.25, 0.3) is 0 Å². The fourth-order valence-electron chi connectivity index (χ4n) is 2.10. The smallest absolute Gasteiger partial charge is 0.307 e. The number of nitrogens with zero attached hydrogens (tertiary/aromatic N) is 1. The highest BCUT2D eigenvalue weighted by Gasteiger charge is 2.37. The molecule has 1 aromatic carbocycles.